The number of aromatic nitrogens is 2. The number of para-hydroxylation sites is 1. The van der Waals surface area contributed by atoms with E-state index in [9.17, 15) is 13.2 Å². The van der Waals surface area contributed by atoms with E-state index in [-0.39, 0.29) is 16.5 Å². The zero-order valence-electron chi connectivity index (χ0n) is 12.8. The first-order chi connectivity index (χ1) is 10.8. The number of H-pyrrole nitrogens is 1. The molecule has 0 aliphatic carbocycles. The van der Waals surface area contributed by atoms with E-state index in [1.165, 1.54) is 0 Å². The fourth-order valence-electron chi connectivity index (χ4n) is 2.44. The summed E-state index contributed by atoms with van der Waals surface area (Å²) in [5, 5.41) is 9.20. The second-order valence-corrected chi connectivity index (χ2v) is 6.92. The lowest BCUT2D eigenvalue weighted by Gasteiger charge is -2.25. The van der Waals surface area contributed by atoms with E-state index < -0.39 is 16.1 Å². The van der Waals surface area contributed by atoms with Gasteiger partial charge in [0.1, 0.15) is 16.3 Å². The van der Waals surface area contributed by atoms with E-state index in [1.54, 1.807) is 39.0 Å². The van der Waals surface area contributed by atoms with Crippen LogP contribution in [-0.4, -0.2) is 30.6 Å². The summed E-state index contributed by atoms with van der Waals surface area (Å²) in [7, 11) is -3.85. The van der Waals surface area contributed by atoms with Crippen molar-refractivity contribution in [3.05, 3.63) is 29.6 Å². The van der Waals surface area contributed by atoms with Crippen LogP contribution in [0.5, 0.6) is 5.75 Å². The molecule has 1 atom stereocenters. The van der Waals surface area contributed by atoms with Crippen LogP contribution in [0.4, 0.5) is 11.4 Å². The Bertz CT molecular complexity index is 869. The predicted octanol–water partition coefficient (Wildman–Crippen LogP) is 1.55. The summed E-state index contributed by atoms with van der Waals surface area (Å²) in [4.78, 5) is 11.9. The molecule has 122 valence electrons. The van der Waals surface area contributed by atoms with Crippen LogP contribution in [-0.2, 0) is 14.8 Å². The van der Waals surface area contributed by atoms with Crippen LogP contribution in [0.3, 0.4) is 0 Å². The van der Waals surface area contributed by atoms with Gasteiger partial charge in [-0.25, -0.2) is 8.42 Å². The largest absolute Gasteiger partial charge is 0.479 e. The van der Waals surface area contributed by atoms with E-state index in [4.69, 9.17) is 4.74 Å². The number of benzene rings is 1. The minimum Gasteiger partial charge on any atom is -0.479 e. The Morgan fingerprint density at radius 1 is 1.30 bits per heavy atom. The van der Waals surface area contributed by atoms with Crippen molar-refractivity contribution in [1.82, 2.24) is 10.2 Å². The molecule has 0 radical (unpaired) electrons. The zero-order valence-corrected chi connectivity index (χ0v) is 13.6. The number of fused-ring (bicyclic) bond motifs is 1. The minimum absolute atomic E-state index is 0.0894. The summed E-state index contributed by atoms with van der Waals surface area (Å²) >= 11 is 0. The maximum atomic E-state index is 12.6. The lowest BCUT2D eigenvalue weighted by Crippen LogP contribution is -2.35. The number of aromatic amines is 1. The normalized spacial score (nSPS) is 17.2. The van der Waals surface area contributed by atoms with E-state index in [0.717, 1.165) is 0 Å². The molecule has 0 spiro atoms. The number of aryl methyl sites for hydroxylation is 2. The van der Waals surface area contributed by atoms with E-state index in [0.29, 0.717) is 22.8 Å². The molecule has 0 fully saturated rings. The van der Waals surface area contributed by atoms with Crippen LogP contribution in [0.2, 0.25) is 0 Å². The van der Waals surface area contributed by atoms with Gasteiger partial charge in [-0.05, 0) is 32.9 Å². The van der Waals surface area contributed by atoms with E-state index in [2.05, 4.69) is 20.2 Å². The Morgan fingerprint density at radius 3 is 2.70 bits per heavy atom. The SMILES string of the molecule is Cc1n[nH]c(C)c1S(=O)(=O)Nc1cccc2c1NC(=O)C(C)O2. The lowest BCUT2D eigenvalue weighted by atomic mass is 10.2. The Kier molecular flexibility index (Phi) is 3.52. The molecule has 2 aromatic rings. The number of nitrogens with one attached hydrogen (secondary N) is 3. The minimum atomic E-state index is -3.85. The maximum absolute atomic E-state index is 12.6. The molecule has 3 N–H and O–H groups in total. The highest BCUT2D eigenvalue weighted by atomic mass is 32.2. The molecule has 8 nitrogen and oxygen atoms in total. The van der Waals surface area contributed by atoms with Gasteiger partial charge in [0.2, 0.25) is 0 Å². The first kappa shape index (κ1) is 15.3. The Morgan fingerprint density at radius 2 is 2.04 bits per heavy atom. The first-order valence-electron chi connectivity index (χ1n) is 6.94. The Balaban J connectivity index is 2.02. The monoisotopic (exact) mass is 336 g/mol. The summed E-state index contributed by atoms with van der Waals surface area (Å²) in [6.45, 7) is 4.85. The summed E-state index contributed by atoms with van der Waals surface area (Å²) in [5.41, 5.74) is 1.35. The van der Waals surface area contributed by atoms with Gasteiger partial charge in [0, 0.05) is 0 Å². The second-order valence-electron chi connectivity index (χ2n) is 5.30. The highest BCUT2D eigenvalue weighted by Gasteiger charge is 2.28. The number of rotatable bonds is 3. The third-order valence-corrected chi connectivity index (χ3v) is 5.15. The average Bonchev–Trinajstić information content (AvgIpc) is 2.80. The highest BCUT2D eigenvalue weighted by Crippen LogP contribution is 2.37. The van der Waals surface area contributed by atoms with Crippen molar-refractivity contribution < 1.29 is 17.9 Å². The average molecular weight is 336 g/mol. The van der Waals surface area contributed by atoms with Crippen molar-refractivity contribution in [3.63, 3.8) is 0 Å². The van der Waals surface area contributed by atoms with Crippen molar-refractivity contribution in [2.75, 3.05) is 10.0 Å². The molecule has 1 aliphatic rings. The van der Waals surface area contributed by atoms with Crippen LogP contribution in [0.15, 0.2) is 23.1 Å². The van der Waals surface area contributed by atoms with Gasteiger partial charge in [0.15, 0.2) is 6.10 Å². The lowest BCUT2D eigenvalue weighted by molar-refractivity contribution is -0.122. The van der Waals surface area contributed by atoms with Gasteiger partial charge in [-0.1, -0.05) is 6.07 Å². The number of hydrogen-bond donors (Lipinski definition) is 3. The van der Waals surface area contributed by atoms with Gasteiger partial charge in [0.05, 0.1) is 17.1 Å². The van der Waals surface area contributed by atoms with Gasteiger partial charge in [-0.3, -0.25) is 14.6 Å². The molecule has 0 bridgehead atoms. The van der Waals surface area contributed by atoms with Crippen molar-refractivity contribution in [3.8, 4) is 5.75 Å². The van der Waals surface area contributed by atoms with Gasteiger partial charge in [-0.2, -0.15) is 5.10 Å². The number of sulfonamides is 1. The van der Waals surface area contributed by atoms with Gasteiger partial charge < -0.3 is 10.1 Å². The van der Waals surface area contributed by atoms with Crippen LogP contribution >= 0.6 is 0 Å². The summed E-state index contributed by atoms with van der Waals surface area (Å²) in [6, 6.07) is 4.87. The third kappa shape index (κ3) is 2.63. The van der Waals surface area contributed by atoms with Crippen molar-refractivity contribution in [2.24, 2.45) is 0 Å². The van der Waals surface area contributed by atoms with Gasteiger partial charge >= 0.3 is 0 Å². The summed E-state index contributed by atoms with van der Waals surface area (Å²) < 4.78 is 33.2. The number of nitrogens with zero attached hydrogens (tertiary/aromatic N) is 1. The predicted molar refractivity (Wildman–Crippen MR) is 84.0 cm³/mol. The smallest absolute Gasteiger partial charge is 0.265 e. The number of ether oxygens (including phenoxy) is 1. The maximum Gasteiger partial charge on any atom is 0.265 e. The second kappa shape index (κ2) is 5.27. The number of amides is 1. The van der Waals surface area contributed by atoms with Crippen LogP contribution in [0, 0.1) is 13.8 Å². The van der Waals surface area contributed by atoms with E-state index >= 15 is 0 Å². The number of carbonyl (C=O) groups excluding carboxylic acids is 1. The molecular formula is C14H16N4O4S. The summed E-state index contributed by atoms with van der Waals surface area (Å²) in [5.74, 6) is 0.0813. The molecule has 1 aliphatic heterocycles. The molecular weight excluding hydrogens is 320 g/mol. The standard InChI is InChI=1S/C14H16N4O4S/c1-7-13(8(2)17-16-7)23(20,21)18-10-5-4-6-11-12(10)15-14(19)9(3)22-11/h4-6,9,18H,1-3H3,(H,15,19)(H,16,17). The number of anilines is 2. The van der Waals surface area contributed by atoms with Crippen molar-refractivity contribution in [1.29, 1.82) is 0 Å². The van der Waals surface area contributed by atoms with Crippen molar-refractivity contribution in [2.45, 2.75) is 31.8 Å². The topological polar surface area (TPSA) is 113 Å². The van der Waals surface area contributed by atoms with Crippen LogP contribution in [0.1, 0.15) is 18.3 Å². The quantitative estimate of drug-likeness (QED) is 0.787. The van der Waals surface area contributed by atoms with E-state index in [1.807, 2.05) is 0 Å². The number of hydrogen-bond acceptors (Lipinski definition) is 5. The Labute approximate surface area is 133 Å². The molecule has 0 saturated heterocycles. The molecule has 1 aromatic heterocycles. The molecule has 23 heavy (non-hydrogen) atoms. The molecule has 1 aromatic carbocycles. The highest BCUT2D eigenvalue weighted by molar-refractivity contribution is 7.92. The molecule has 9 heteroatoms. The zero-order chi connectivity index (χ0) is 16.8. The van der Waals surface area contributed by atoms with Crippen LogP contribution in [0.25, 0.3) is 0 Å². The first-order valence-corrected chi connectivity index (χ1v) is 8.43. The Hall–Kier alpha value is -2.55. The van der Waals surface area contributed by atoms with Crippen LogP contribution < -0.4 is 14.8 Å². The van der Waals surface area contributed by atoms with Crippen molar-refractivity contribution >= 4 is 27.3 Å². The van der Waals surface area contributed by atoms with Gasteiger partial charge in [-0.15, -0.1) is 0 Å². The number of carbonyl (C=O) groups is 1. The molecule has 0 saturated carbocycles. The fourth-order valence-corrected chi connectivity index (χ4v) is 3.89. The van der Waals surface area contributed by atoms with Gasteiger partial charge in [0.25, 0.3) is 15.9 Å². The molecule has 1 unspecified atom stereocenters. The fraction of sp³-hybridized carbons (Fsp3) is 0.286. The third-order valence-electron chi connectivity index (χ3n) is 3.52. The summed E-state index contributed by atoms with van der Waals surface area (Å²) in [6.07, 6.45) is -0.632. The molecule has 2 heterocycles. The molecule has 1 amide bonds. The molecule has 3 rings (SSSR count).